The normalized spacial score (nSPS) is 12.9. The van der Waals surface area contributed by atoms with Gasteiger partial charge in [-0.3, -0.25) is 0 Å². The second-order valence-electron chi connectivity index (χ2n) is 5.45. The zero-order valence-electron chi connectivity index (χ0n) is 12.6. The van der Waals surface area contributed by atoms with Gasteiger partial charge in [0.25, 0.3) is 0 Å². The molecule has 0 aromatic carbocycles. The number of unbranched alkanes of at least 4 members (excludes halogenated alkanes) is 9. The Bertz CT molecular complexity index is 139. The van der Waals surface area contributed by atoms with Crippen LogP contribution in [0.4, 0.5) is 0 Å². The van der Waals surface area contributed by atoms with Crippen molar-refractivity contribution in [2.24, 2.45) is 0 Å². The van der Waals surface area contributed by atoms with Crippen LogP contribution in [0.25, 0.3) is 0 Å². The van der Waals surface area contributed by atoms with E-state index in [1.165, 1.54) is 105 Å². The molecule has 0 saturated heterocycles. The average molecular weight is 249 g/mol. The first-order valence-corrected chi connectivity index (χ1v) is 9.20. The first-order chi connectivity index (χ1) is 8.31. The Morgan fingerprint density at radius 1 is 0.765 bits per heavy atom. The summed E-state index contributed by atoms with van der Waals surface area (Å²) in [5, 5.41) is 3.62. The van der Waals surface area contributed by atoms with Crippen molar-refractivity contribution in [3.8, 4) is 0 Å². The molecule has 0 aromatic heterocycles. The molecule has 2 heteroatoms. The molecule has 1 unspecified atom stereocenters. The maximum atomic E-state index is 3.62. The molecular weight excluding hydrogens is 217 g/mol. The van der Waals surface area contributed by atoms with Gasteiger partial charge in [0, 0.05) is 0 Å². The summed E-state index contributed by atoms with van der Waals surface area (Å²) in [5.41, 5.74) is 0. The molecule has 0 saturated carbocycles. The molecule has 98 valence electrons. The standard InChI is InChI=1S/C15H32N.Na/c1-3-5-6-7-8-9-10-11-12-13-15-16-14-4-2;/h14,16H,3-13,15H2,1-2H3;. The van der Waals surface area contributed by atoms with Crippen molar-refractivity contribution in [1.82, 2.24) is 5.32 Å². The van der Waals surface area contributed by atoms with Crippen molar-refractivity contribution < 1.29 is 0 Å². The molecule has 0 heterocycles. The van der Waals surface area contributed by atoms with Gasteiger partial charge in [-0.1, -0.05) is 13.3 Å². The third kappa shape index (κ3) is 14.9. The van der Waals surface area contributed by atoms with Crippen LogP contribution in [0.3, 0.4) is 0 Å². The van der Waals surface area contributed by atoms with E-state index in [0.29, 0.717) is 0 Å². The van der Waals surface area contributed by atoms with Crippen LogP contribution < -0.4 is 5.32 Å². The molecule has 17 heavy (non-hydrogen) atoms. The van der Waals surface area contributed by atoms with E-state index in [2.05, 4.69) is 19.2 Å². The van der Waals surface area contributed by atoms with Gasteiger partial charge >= 0.3 is 114 Å². The number of hydrogen-bond donors (Lipinski definition) is 1. The fraction of sp³-hybridized carbons (Fsp3) is 1.00. The number of nitrogens with one attached hydrogen (secondary N) is 1. The number of rotatable bonds is 13. The average Bonchev–Trinajstić information content (AvgIpc) is 2.35. The van der Waals surface area contributed by atoms with Gasteiger partial charge in [-0.15, -0.1) is 0 Å². The van der Waals surface area contributed by atoms with Crippen molar-refractivity contribution in [3.05, 3.63) is 0 Å². The molecule has 0 spiro atoms. The van der Waals surface area contributed by atoms with Gasteiger partial charge in [0.15, 0.2) is 0 Å². The summed E-state index contributed by atoms with van der Waals surface area (Å²) in [6.45, 7) is 5.82. The van der Waals surface area contributed by atoms with Crippen LogP contribution in [-0.2, 0) is 0 Å². The SMILES string of the molecule is CCCCCCCCCCCCN[CH]([Na])CC. The van der Waals surface area contributed by atoms with Gasteiger partial charge in [0.05, 0.1) is 0 Å². The summed E-state index contributed by atoms with van der Waals surface area (Å²) in [5.74, 6) is 0. The van der Waals surface area contributed by atoms with E-state index in [0.717, 1.165) is 3.29 Å². The van der Waals surface area contributed by atoms with Crippen LogP contribution in [-0.4, -0.2) is 37.8 Å². The van der Waals surface area contributed by atoms with Crippen LogP contribution in [0.1, 0.15) is 84.5 Å². The van der Waals surface area contributed by atoms with Gasteiger partial charge in [0.2, 0.25) is 0 Å². The Morgan fingerprint density at radius 2 is 1.24 bits per heavy atom. The number of hydrogen-bond acceptors (Lipinski definition) is 1. The molecule has 0 aliphatic carbocycles. The molecule has 1 atom stereocenters. The molecule has 0 radical (unpaired) electrons. The summed E-state index contributed by atoms with van der Waals surface area (Å²) in [6, 6.07) is 0. The van der Waals surface area contributed by atoms with Gasteiger partial charge in [0.1, 0.15) is 0 Å². The fourth-order valence-electron chi connectivity index (χ4n) is 2.11. The van der Waals surface area contributed by atoms with Gasteiger partial charge < -0.3 is 0 Å². The van der Waals surface area contributed by atoms with E-state index in [1.807, 2.05) is 0 Å². The second kappa shape index (κ2) is 15.0. The molecule has 1 N–H and O–H groups in total. The first-order valence-electron chi connectivity index (χ1n) is 8.04. The Labute approximate surface area is 127 Å². The van der Waals surface area contributed by atoms with Crippen LogP contribution in [0, 0.1) is 0 Å². The van der Waals surface area contributed by atoms with E-state index < -0.39 is 0 Å². The predicted octanol–water partition coefficient (Wildman–Crippen LogP) is 4.40. The van der Waals surface area contributed by atoms with Crippen LogP contribution in [0.2, 0.25) is 0 Å². The molecule has 0 aliphatic heterocycles. The van der Waals surface area contributed by atoms with Crippen LogP contribution in [0.5, 0.6) is 0 Å². The monoisotopic (exact) mass is 249 g/mol. The maximum absolute atomic E-state index is 3.62. The topological polar surface area (TPSA) is 12.0 Å². The molecule has 1 nitrogen and oxygen atoms in total. The Kier molecular flexibility index (Phi) is 15.9. The molecule has 0 bridgehead atoms. The van der Waals surface area contributed by atoms with Gasteiger partial charge in [-0.25, -0.2) is 0 Å². The van der Waals surface area contributed by atoms with Gasteiger partial charge in [-0.2, -0.15) is 0 Å². The van der Waals surface area contributed by atoms with E-state index in [-0.39, 0.29) is 0 Å². The quantitative estimate of drug-likeness (QED) is 0.377. The third-order valence-corrected chi connectivity index (χ3v) is 4.86. The first kappa shape index (κ1) is 18.0. The molecule has 0 aliphatic rings. The van der Waals surface area contributed by atoms with Crippen molar-refractivity contribution in [1.29, 1.82) is 0 Å². The van der Waals surface area contributed by atoms with Crippen LogP contribution in [0.15, 0.2) is 0 Å². The second-order valence-corrected chi connectivity index (χ2v) is 6.84. The van der Waals surface area contributed by atoms with E-state index in [9.17, 15) is 0 Å². The Hall–Kier alpha value is 0.960. The summed E-state index contributed by atoms with van der Waals surface area (Å²) in [7, 11) is 0. The minimum atomic E-state index is 0.841. The predicted molar refractivity (Wildman–Crippen MR) is 79.7 cm³/mol. The molecule has 0 fully saturated rings. The van der Waals surface area contributed by atoms with E-state index >= 15 is 0 Å². The summed E-state index contributed by atoms with van der Waals surface area (Å²) in [6.07, 6.45) is 15.7. The van der Waals surface area contributed by atoms with Crippen molar-refractivity contribution in [2.75, 3.05) is 6.54 Å². The zero-order valence-corrected chi connectivity index (χ0v) is 14.6. The molecule has 0 rings (SSSR count). The summed E-state index contributed by atoms with van der Waals surface area (Å²) in [4.78, 5) is 0. The van der Waals surface area contributed by atoms with Crippen LogP contribution >= 0.6 is 0 Å². The summed E-state index contributed by atoms with van der Waals surface area (Å²) < 4.78 is 0.841. The molecule has 0 amide bonds. The van der Waals surface area contributed by atoms with Crippen molar-refractivity contribution >= 4 is 27.9 Å². The van der Waals surface area contributed by atoms with Crippen molar-refractivity contribution in [2.45, 2.75) is 87.8 Å². The minimum absolute atomic E-state index is 0.841. The van der Waals surface area contributed by atoms with E-state index in [4.69, 9.17) is 0 Å². The Balaban J connectivity index is 2.94. The molecular formula is C15H32NNa. The third-order valence-electron chi connectivity index (χ3n) is 3.64. The fourth-order valence-corrected chi connectivity index (χ4v) is 2.39. The Morgan fingerprint density at radius 3 is 1.71 bits per heavy atom. The summed E-state index contributed by atoms with van der Waals surface area (Å²) >= 11 is 1.30. The zero-order chi connectivity index (χ0) is 12.8. The van der Waals surface area contributed by atoms with Gasteiger partial charge in [-0.05, 0) is 0 Å². The van der Waals surface area contributed by atoms with Crippen molar-refractivity contribution in [3.63, 3.8) is 0 Å². The van der Waals surface area contributed by atoms with E-state index in [1.54, 1.807) is 0 Å². The molecule has 0 aromatic rings.